The number of piperazine rings is 1. The molecular formula is C16H21N3O2S2. The van der Waals surface area contributed by atoms with Gasteiger partial charge in [-0.1, -0.05) is 17.4 Å². The third kappa shape index (κ3) is 4.10. The molecule has 0 spiro atoms. The van der Waals surface area contributed by atoms with Gasteiger partial charge in [0.25, 0.3) is 0 Å². The van der Waals surface area contributed by atoms with E-state index >= 15 is 0 Å². The molecule has 1 fully saturated rings. The lowest BCUT2D eigenvalue weighted by Gasteiger charge is -2.34. The van der Waals surface area contributed by atoms with Gasteiger partial charge in [0, 0.05) is 61.6 Å². The van der Waals surface area contributed by atoms with E-state index in [1.807, 2.05) is 17.2 Å². The maximum atomic E-state index is 12.3. The van der Waals surface area contributed by atoms with Crippen LogP contribution in [0.2, 0.25) is 0 Å². The Hall–Kier alpha value is -1.44. The number of aromatic nitrogens is 1. The maximum Gasteiger partial charge on any atom is 0.307 e. The van der Waals surface area contributed by atoms with Crippen LogP contribution in [-0.4, -0.2) is 46.5 Å². The van der Waals surface area contributed by atoms with E-state index in [1.165, 1.54) is 16.2 Å². The summed E-state index contributed by atoms with van der Waals surface area (Å²) < 4.78 is 1.69. The van der Waals surface area contributed by atoms with Gasteiger partial charge in [-0.15, -0.1) is 11.3 Å². The summed E-state index contributed by atoms with van der Waals surface area (Å²) in [5.74, 6) is 0.151. The van der Waals surface area contributed by atoms with E-state index < -0.39 is 0 Å². The van der Waals surface area contributed by atoms with Crippen molar-refractivity contribution in [1.82, 2.24) is 14.4 Å². The summed E-state index contributed by atoms with van der Waals surface area (Å²) in [6.07, 6.45) is 0.405. The molecule has 0 bridgehead atoms. The molecular weight excluding hydrogens is 330 g/mol. The molecule has 2 aromatic rings. The van der Waals surface area contributed by atoms with Gasteiger partial charge in [0.1, 0.15) is 0 Å². The zero-order valence-electron chi connectivity index (χ0n) is 13.2. The topological polar surface area (TPSA) is 45.6 Å². The number of nitrogens with zero attached hydrogens (tertiary/aromatic N) is 3. The van der Waals surface area contributed by atoms with Crippen molar-refractivity contribution in [3.05, 3.63) is 43.1 Å². The normalized spacial score (nSPS) is 16.0. The van der Waals surface area contributed by atoms with Crippen molar-refractivity contribution in [1.29, 1.82) is 0 Å². The Morgan fingerprint density at radius 3 is 2.61 bits per heavy atom. The van der Waals surface area contributed by atoms with Gasteiger partial charge in [-0.05, 0) is 18.4 Å². The fourth-order valence-corrected chi connectivity index (χ4v) is 4.33. The standard InChI is InChI=1S/C16H21N3O2S2/c1-13-12-23-16(21)19(13)5-4-15(20)18-8-6-17(7-9-18)11-14-3-2-10-22-14/h2-3,10,12H,4-9,11H2,1H3. The monoisotopic (exact) mass is 351 g/mol. The van der Waals surface area contributed by atoms with Crippen LogP contribution in [0.5, 0.6) is 0 Å². The lowest BCUT2D eigenvalue weighted by Crippen LogP contribution is -2.48. The van der Waals surface area contributed by atoms with Crippen molar-refractivity contribution < 1.29 is 4.79 Å². The van der Waals surface area contributed by atoms with Crippen LogP contribution in [0.3, 0.4) is 0 Å². The molecule has 0 unspecified atom stereocenters. The average Bonchev–Trinajstić information content (AvgIpc) is 3.17. The van der Waals surface area contributed by atoms with Gasteiger partial charge in [0.05, 0.1) is 0 Å². The second-order valence-electron chi connectivity index (χ2n) is 5.78. The minimum Gasteiger partial charge on any atom is -0.340 e. The van der Waals surface area contributed by atoms with Gasteiger partial charge in [0.15, 0.2) is 0 Å². The van der Waals surface area contributed by atoms with Gasteiger partial charge >= 0.3 is 4.87 Å². The number of amides is 1. The Morgan fingerprint density at radius 2 is 2.00 bits per heavy atom. The first kappa shape index (κ1) is 16.4. The molecule has 0 atom stereocenters. The zero-order chi connectivity index (χ0) is 16.2. The molecule has 0 aliphatic carbocycles. The molecule has 1 saturated heterocycles. The van der Waals surface area contributed by atoms with Crippen molar-refractivity contribution in [2.24, 2.45) is 0 Å². The number of carbonyl (C=O) groups is 1. The number of aryl methyl sites for hydroxylation is 1. The fraction of sp³-hybridized carbons (Fsp3) is 0.500. The summed E-state index contributed by atoms with van der Waals surface area (Å²) >= 11 is 2.98. The predicted molar refractivity (Wildman–Crippen MR) is 94.1 cm³/mol. The third-order valence-corrected chi connectivity index (χ3v) is 5.95. The molecule has 2 aromatic heterocycles. The van der Waals surface area contributed by atoms with Crippen LogP contribution >= 0.6 is 22.7 Å². The highest BCUT2D eigenvalue weighted by Crippen LogP contribution is 2.14. The third-order valence-electron chi connectivity index (χ3n) is 4.21. The van der Waals surface area contributed by atoms with E-state index in [1.54, 1.807) is 15.9 Å². The first-order chi connectivity index (χ1) is 11.1. The molecule has 3 rings (SSSR count). The SMILES string of the molecule is Cc1csc(=O)n1CCC(=O)N1CCN(Cc2cccs2)CC1. The van der Waals surface area contributed by atoms with Crippen LogP contribution in [0, 0.1) is 6.92 Å². The van der Waals surface area contributed by atoms with Crippen molar-refractivity contribution >= 4 is 28.6 Å². The minimum atomic E-state index is 0.0241. The van der Waals surface area contributed by atoms with Crippen LogP contribution in [0.1, 0.15) is 17.0 Å². The summed E-state index contributed by atoms with van der Waals surface area (Å²) in [7, 11) is 0. The first-order valence-corrected chi connectivity index (χ1v) is 9.57. The molecule has 7 heteroatoms. The summed E-state index contributed by atoms with van der Waals surface area (Å²) in [6, 6.07) is 4.23. The minimum absolute atomic E-state index is 0.0241. The van der Waals surface area contributed by atoms with E-state index in [0.717, 1.165) is 38.4 Å². The van der Waals surface area contributed by atoms with Gasteiger partial charge in [0.2, 0.25) is 5.91 Å². The highest BCUT2D eigenvalue weighted by atomic mass is 32.1. The van der Waals surface area contributed by atoms with E-state index in [-0.39, 0.29) is 10.8 Å². The number of rotatable bonds is 5. The molecule has 1 aliphatic rings. The molecule has 124 valence electrons. The van der Waals surface area contributed by atoms with E-state index in [4.69, 9.17) is 0 Å². The molecule has 0 saturated carbocycles. The Balaban J connectivity index is 1.46. The van der Waals surface area contributed by atoms with Crippen molar-refractivity contribution in [3.8, 4) is 0 Å². The van der Waals surface area contributed by atoms with E-state index in [9.17, 15) is 9.59 Å². The molecule has 23 heavy (non-hydrogen) atoms. The molecule has 5 nitrogen and oxygen atoms in total. The van der Waals surface area contributed by atoms with Crippen LogP contribution in [0.4, 0.5) is 0 Å². The highest BCUT2D eigenvalue weighted by Gasteiger charge is 2.21. The Kier molecular flexibility index (Phi) is 5.30. The number of hydrogen-bond donors (Lipinski definition) is 0. The van der Waals surface area contributed by atoms with E-state index in [0.29, 0.717) is 13.0 Å². The second kappa shape index (κ2) is 7.42. The zero-order valence-corrected chi connectivity index (χ0v) is 14.9. The van der Waals surface area contributed by atoms with Gasteiger partial charge in [-0.2, -0.15) is 0 Å². The van der Waals surface area contributed by atoms with Crippen LogP contribution in [0.15, 0.2) is 27.7 Å². The summed E-state index contributed by atoms with van der Waals surface area (Å²) in [5, 5.41) is 3.94. The molecule has 3 heterocycles. The molecule has 1 amide bonds. The maximum absolute atomic E-state index is 12.3. The quantitative estimate of drug-likeness (QED) is 0.828. The summed E-state index contributed by atoms with van der Waals surface area (Å²) in [6.45, 7) is 6.77. The second-order valence-corrected chi connectivity index (χ2v) is 7.63. The average molecular weight is 351 g/mol. The van der Waals surface area contributed by atoms with Gasteiger partial charge < -0.3 is 9.47 Å². The summed E-state index contributed by atoms with van der Waals surface area (Å²) in [4.78, 5) is 29.7. The number of hydrogen-bond acceptors (Lipinski definition) is 5. The van der Waals surface area contributed by atoms with Crippen LogP contribution < -0.4 is 4.87 Å². The first-order valence-electron chi connectivity index (χ1n) is 7.81. The predicted octanol–water partition coefficient (Wildman–Crippen LogP) is 2.01. The van der Waals surface area contributed by atoms with Crippen molar-refractivity contribution in [2.75, 3.05) is 26.2 Å². The summed E-state index contributed by atoms with van der Waals surface area (Å²) in [5.41, 5.74) is 0.938. The smallest absolute Gasteiger partial charge is 0.307 e. The lowest BCUT2D eigenvalue weighted by atomic mass is 10.2. The Morgan fingerprint density at radius 1 is 1.22 bits per heavy atom. The van der Waals surface area contributed by atoms with Crippen LogP contribution in [0.25, 0.3) is 0 Å². The van der Waals surface area contributed by atoms with Crippen molar-refractivity contribution in [3.63, 3.8) is 0 Å². The lowest BCUT2D eigenvalue weighted by molar-refractivity contribution is -0.133. The van der Waals surface area contributed by atoms with Crippen molar-refractivity contribution in [2.45, 2.75) is 26.4 Å². The molecule has 0 aromatic carbocycles. The fourth-order valence-electron chi connectivity index (χ4n) is 2.82. The number of thiazole rings is 1. The Bertz CT molecular complexity index is 697. The number of thiophene rings is 1. The van der Waals surface area contributed by atoms with E-state index in [2.05, 4.69) is 22.4 Å². The van der Waals surface area contributed by atoms with Gasteiger partial charge in [-0.25, -0.2) is 0 Å². The molecule has 0 N–H and O–H groups in total. The molecule has 1 aliphatic heterocycles. The van der Waals surface area contributed by atoms with Gasteiger partial charge in [-0.3, -0.25) is 14.5 Å². The Labute approximate surface area is 143 Å². The largest absolute Gasteiger partial charge is 0.340 e. The number of carbonyl (C=O) groups excluding carboxylic acids is 1. The van der Waals surface area contributed by atoms with Crippen LogP contribution in [-0.2, 0) is 17.9 Å². The highest BCUT2D eigenvalue weighted by molar-refractivity contribution is 7.09. The molecule has 0 radical (unpaired) electrons.